The van der Waals surface area contributed by atoms with Gasteiger partial charge in [0.2, 0.25) is 0 Å². The zero-order valence-corrected chi connectivity index (χ0v) is 14.5. The van der Waals surface area contributed by atoms with Gasteiger partial charge in [0.05, 0.1) is 23.5 Å². The van der Waals surface area contributed by atoms with Crippen molar-refractivity contribution in [2.75, 3.05) is 29.4 Å². The van der Waals surface area contributed by atoms with E-state index in [4.69, 9.17) is 10.2 Å². The van der Waals surface area contributed by atoms with Gasteiger partial charge in [0, 0.05) is 19.6 Å². The second-order valence-corrected chi connectivity index (χ2v) is 5.03. The lowest BCUT2D eigenvalue weighted by Crippen LogP contribution is -2.44. The zero-order valence-electron chi connectivity index (χ0n) is 12.9. The fourth-order valence-corrected chi connectivity index (χ4v) is 2.72. The number of benzene rings is 1. The molecule has 0 saturated heterocycles. The topological polar surface area (TPSA) is 62.7 Å². The Labute approximate surface area is 148 Å². The van der Waals surface area contributed by atoms with Crippen LogP contribution in [-0.2, 0) is 6.54 Å². The van der Waals surface area contributed by atoms with Crippen molar-refractivity contribution < 1.29 is 9.21 Å². The molecule has 0 aliphatic carbocycles. The summed E-state index contributed by atoms with van der Waals surface area (Å²) in [6.45, 7) is 4.86. The first-order valence-electron chi connectivity index (χ1n) is 7.18. The van der Waals surface area contributed by atoms with Crippen molar-refractivity contribution in [1.29, 1.82) is 0 Å². The molecule has 0 bridgehead atoms. The number of carbonyl (C=O) groups is 1. The lowest BCUT2D eigenvalue weighted by Gasteiger charge is -2.37. The number of hydrogen-bond acceptors (Lipinski definition) is 4. The number of furan rings is 1. The lowest BCUT2D eigenvalue weighted by atomic mass is 10.1. The Morgan fingerprint density at radius 3 is 2.52 bits per heavy atom. The fraction of sp³-hybridized carbons (Fsp3) is 0.312. The van der Waals surface area contributed by atoms with Crippen LogP contribution in [-0.4, -0.2) is 25.5 Å². The molecule has 0 spiro atoms. The molecule has 0 saturated carbocycles. The largest absolute Gasteiger partial charge is 0.467 e. The summed E-state index contributed by atoms with van der Waals surface area (Å²) < 4.78 is 5.27. The number of para-hydroxylation sites is 2. The highest BCUT2D eigenvalue weighted by Gasteiger charge is 2.27. The molecule has 0 unspecified atom stereocenters. The lowest BCUT2D eigenvalue weighted by molar-refractivity contribution is 0.0986. The molecule has 2 aromatic rings. The second kappa shape index (κ2) is 8.24. The third-order valence-electron chi connectivity index (χ3n) is 3.84. The van der Waals surface area contributed by atoms with Gasteiger partial charge in [-0.3, -0.25) is 4.79 Å². The third-order valence-corrected chi connectivity index (χ3v) is 3.84. The molecular formula is C16H21Cl2N3O2. The zero-order chi connectivity index (χ0) is 14.8. The van der Waals surface area contributed by atoms with Crippen molar-refractivity contribution in [3.05, 3.63) is 47.9 Å². The van der Waals surface area contributed by atoms with Crippen LogP contribution in [0.4, 0.5) is 11.4 Å². The average molecular weight is 358 g/mol. The smallest absolute Gasteiger partial charge is 0.261 e. The van der Waals surface area contributed by atoms with Crippen molar-refractivity contribution in [3.63, 3.8) is 0 Å². The minimum atomic E-state index is -0.0401. The molecule has 3 rings (SSSR count). The number of likely N-dealkylation sites (N-methyl/N-ethyl adjacent to an activating group) is 1. The van der Waals surface area contributed by atoms with Gasteiger partial charge < -0.3 is 20.0 Å². The Balaban J connectivity index is 0.00000132. The van der Waals surface area contributed by atoms with E-state index in [0.717, 1.165) is 24.5 Å². The van der Waals surface area contributed by atoms with Crippen LogP contribution in [0.1, 0.15) is 23.0 Å². The molecule has 1 aromatic heterocycles. The van der Waals surface area contributed by atoms with E-state index in [2.05, 4.69) is 17.9 Å². The first-order valence-corrected chi connectivity index (χ1v) is 7.18. The number of anilines is 2. The van der Waals surface area contributed by atoms with Gasteiger partial charge in [0.15, 0.2) is 0 Å². The number of rotatable bonds is 3. The molecule has 2 heterocycles. The summed E-state index contributed by atoms with van der Waals surface area (Å²) >= 11 is 0. The maximum atomic E-state index is 12.7. The Morgan fingerprint density at radius 2 is 1.91 bits per heavy atom. The highest BCUT2D eigenvalue weighted by atomic mass is 35.5. The maximum Gasteiger partial charge on any atom is 0.261 e. The molecule has 0 radical (unpaired) electrons. The van der Waals surface area contributed by atoms with Crippen LogP contribution in [0, 0.1) is 0 Å². The molecule has 0 fully saturated rings. The summed E-state index contributed by atoms with van der Waals surface area (Å²) in [5, 5.41) is 0. The number of fused-ring (bicyclic) bond motifs is 1. The van der Waals surface area contributed by atoms with E-state index >= 15 is 0 Å². The number of nitrogens with two attached hydrogens (primary N) is 1. The molecule has 0 atom stereocenters. The molecule has 23 heavy (non-hydrogen) atoms. The second-order valence-electron chi connectivity index (χ2n) is 5.03. The van der Waals surface area contributed by atoms with Crippen LogP contribution < -0.4 is 15.5 Å². The van der Waals surface area contributed by atoms with Crippen LogP contribution in [0.15, 0.2) is 41.0 Å². The Bertz CT molecular complexity index is 660. The molecular weight excluding hydrogens is 337 g/mol. The van der Waals surface area contributed by atoms with Crippen molar-refractivity contribution in [3.8, 4) is 0 Å². The van der Waals surface area contributed by atoms with Crippen molar-refractivity contribution >= 4 is 42.1 Å². The molecule has 5 nitrogen and oxygen atoms in total. The Kier molecular flexibility index (Phi) is 6.94. The summed E-state index contributed by atoms with van der Waals surface area (Å²) in [7, 11) is 0. The predicted molar refractivity (Wildman–Crippen MR) is 97.1 cm³/mol. The molecule has 1 aliphatic rings. The molecule has 7 heteroatoms. The number of amides is 1. The van der Waals surface area contributed by atoms with Gasteiger partial charge in [-0.15, -0.1) is 24.8 Å². The van der Waals surface area contributed by atoms with Gasteiger partial charge in [0.1, 0.15) is 12.0 Å². The number of hydrogen-bond donors (Lipinski definition) is 1. The average Bonchev–Trinajstić information content (AvgIpc) is 3.02. The van der Waals surface area contributed by atoms with Gasteiger partial charge in [-0.05, 0) is 25.1 Å². The third kappa shape index (κ3) is 3.63. The fourth-order valence-electron chi connectivity index (χ4n) is 2.72. The van der Waals surface area contributed by atoms with E-state index in [0.29, 0.717) is 24.4 Å². The van der Waals surface area contributed by atoms with Crippen LogP contribution >= 0.6 is 24.8 Å². The quantitative estimate of drug-likeness (QED) is 0.916. The van der Waals surface area contributed by atoms with E-state index in [-0.39, 0.29) is 30.7 Å². The van der Waals surface area contributed by atoms with Crippen molar-refractivity contribution in [1.82, 2.24) is 0 Å². The predicted octanol–water partition coefficient (Wildman–Crippen LogP) is 3.07. The minimum Gasteiger partial charge on any atom is -0.467 e. The molecule has 126 valence electrons. The van der Waals surface area contributed by atoms with E-state index in [1.165, 1.54) is 6.26 Å². The summed E-state index contributed by atoms with van der Waals surface area (Å²) in [4.78, 5) is 16.8. The SMILES string of the molecule is CCN1CCN(C(=O)c2coc(CN)c2)c2ccccc21.Cl.Cl. The van der Waals surface area contributed by atoms with Gasteiger partial charge in [-0.2, -0.15) is 0 Å². The van der Waals surface area contributed by atoms with Gasteiger partial charge in [0.25, 0.3) is 5.91 Å². The highest BCUT2D eigenvalue weighted by Crippen LogP contribution is 2.33. The van der Waals surface area contributed by atoms with Crippen LogP contribution in [0.2, 0.25) is 0 Å². The summed E-state index contributed by atoms with van der Waals surface area (Å²) in [6, 6.07) is 9.72. The highest BCUT2D eigenvalue weighted by molar-refractivity contribution is 6.08. The number of carbonyl (C=O) groups excluding carboxylic acids is 1. The Hall–Kier alpha value is -1.69. The minimum absolute atomic E-state index is 0. The molecule has 1 aromatic carbocycles. The summed E-state index contributed by atoms with van der Waals surface area (Å²) in [5.74, 6) is 0.584. The first kappa shape index (κ1) is 19.4. The summed E-state index contributed by atoms with van der Waals surface area (Å²) in [6.07, 6.45) is 1.49. The summed E-state index contributed by atoms with van der Waals surface area (Å²) in [5.41, 5.74) is 8.13. The van der Waals surface area contributed by atoms with Crippen molar-refractivity contribution in [2.45, 2.75) is 13.5 Å². The normalized spacial score (nSPS) is 13.0. The number of halogens is 2. The van der Waals surface area contributed by atoms with Crippen molar-refractivity contribution in [2.24, 2.45) is 5.73 Å². The van der Waals surface area contributed by atoms with E-state index in [1.54, 1.807) is 6.07 Å². The monoisotopic (exact) mass is 357 g/mol. The maximum absolute atomic E-state index is 12.7. The van der Waals surface area contributed by atoms with E-state index in [9.17, 15) is 4.79 Å². The molecule has 2 N–H and O–H groups in total. The van der Waals surface area contributed by atoms with Gasteiger partial charge >= 0.3 is 0 Å². The first-order chi connectivity index (χ1) is 10.2. The standard InChI is InChI=1S/C16H19N3O2.2ClH/c1-2-18-7-8-19(15-6-4-3-5-14(15)18)16(20)12-9-13(10-17)21-11-12;;/h3-6,9,11H,2,7-8,10,17H2,1H3;2*1H. The van der Waals surface area contributed by atoms with Crippen LogP contribution in [0.25, 0.3) is 0 Å². The number of nitrogens with zero attached hydrogens (tertiary/aromatic N) is 2. The van der Waals surface area contributed by atoms with Crippen LogP contribution in [0.5, 0.6) is 0 Å². The molecule has 1 aliphatic heterocycles. The van der Waals surface area contributed by atoms with E-state index in [1.807, 2.05) is 23.1 Å². The van der Waals surface area contributed by atoms with E-state index < -0.39 is 0 Å². The Morgan fingerprint density at radius 1 is 1.22 bits per heavy atom. The van der Waals surface area contributed by atoms with Gasteiger partial charge in [-0.1, -0.05) is 12.1 Å². The molecule has 1 amide bonds. The van der Waals surface area contributed by atoms with Crippen LogP contribution in [0.3, 0.4) is 0 Å². The van der Waals surface area contributed by atoms with Gasteiger partial charge in [-0.25, -0.2) is 0 Å².